The summed E-state index contributed by atoms with van der Waals surface area (Å²) in [5.41, 5.74) is 6.07. The highest BCUT2D eigenvalue weighted by Gasteiger charge is 2.10. The molecule has 4 heteroatoms. The Bertz CT molecular complexity index is 328. The highest BCUT2D eigenvalue weighted by Crippen LogP contribution is 2.07. The molecule has 14 heavy (non-hydrogen) atoms. The minimum absolute atomic E-state index is 0.314. The summed E-state index contributed by atoms with van der Waals surface area (Å²) in [5.74, 6) is -1.34. The topological polar surface area (TPSA) is 63.3 Å². The van der Waals surface area contributed by atoms with E-state index in [1.807, 2.05) is 0 Å². The molecule has 0 saturated carbocycles. The second-order valence-electron chi connectivity index (χ2n) is 3.11. The molecule has 0 bridgehead atoms. The van der Waals surface area contributed by atoms with E-state index in [9.17, 15) is 9.18 Å². The van der Waals surface area contributed by atoms with Crippen molar-refractivity contribution in [1.29, 1.82) is 0 Å². The quantitative estimate of drug-likeness (QED) is 0.761. The van der Waals surface area contributed by atoms with E-state index in [1.54, 1.807) is 12.1 Å². The first-order chi connectivity index (χ1) is 6.59. The number of carbonyl (C=O) groups is 1. The summed E-state index contributed by atoms with van der Waals surface area (Å²) in [6.07, 6.45) is 0.796. The van der Waals surface area contributed by atoms with E-state index >= 15 is 0 Å². The Labute approximate surface area is 81.4 Å². The molecule has 76 valence electrons. The van der Waals surface area contributed by atoms with E-state index in [4.69, 9.17) is 10.8 Å². The zero-order valence-electron chi connectivity index (χ0n) is 7.61. The highest BCUT2D eigenvalue weighted by molar-refractivity contribution is 5.73. The van der Waals surface area contributed by atoms with Crippen LogP contribution < -0.4 is 5.73 Å². The largest absolute Gasteiger partial charge is 0.480 e. The van der Waals surface area contributed by atoms with E-state index in [0.717, 1.165) is 5.56 Å². The number of benzene rings is 1. The van der Waals surface area contributed by atoms with Gasteiger partial charge in [0.15, 0.2) is 0 Å². The predicted octanol–water partition coefficient (Wildman–Crippen LogP) is 1.17. The van der Waals surface area contributed by atoms with Crippen LogP contribution in [-0.2, 0) is 11.2 Å². The molecule has 3 N–H and O–H groups in total. The third-order valence-electron chi connectivity index (χ3n) is 1.95. The summed E-state index contributed by atoms with van der Waals surface area (Å²) in [5, 5.41) is 8.52. The van der Waals surface area contributed by atoms with Crippen LogP contribution in [0.25, 0.3) is 0 Å². The summed E-state index contributed by atoms with van der Waals surface area (Å²) in [6, 6.07) is 5.20. The molecule has 1 atom stereocenters. The zero-order chi connectivity index (χ0) is 10.6. The molecular weight excluding hydrogens is 185 g/mol. The Morgan fingerprint density at radius 1 is 1.57 bits per heavy atom. The van der Waals surface area contributed by atoms with Crippen LogP contribution in [0.5, 0.6) is 0 Å². The number of nitrogens with two attached hydrogens (primary N) is 1. The second-order valence-corrected chi connectivity index (χ2v) is 3.11. The van der Waals surface area contributed by atoms with Crippen molar-refractivity contribution in [2.24, 2.45) is 5.73 Å². The molecule has 3 nitrogen and oxygen atoms in total. The van der Waals surface area contributed by atoms with Gasteiger partial charge in [-0.1, -0.05) is 12.1 Å². The Morgan fingerprint density at radius 2 is 2.29 bits per heavy atom. The third kappa shape index (κ3) is 3.14. The van der Waals surface area contributed by atoms with Crippen LogP contribution in [-0.4, -0.2) is 17.1 Å². The number of hydrogen-bond donors (Lipinski definition) is 2. The zero-order valence-corrected chi connectivity index (χ0v) is 7.61. The first-order valence-electron chi connectivity index (χ1n) is 4.32. The van der Waals surface area contributed by atoms with Crippen LogP contribution in [0, 0.1) is 5.82 Å². The van der Waals surface area contributed by atoms with Crippen LogP contribution in [0.2, 0.25) is 0 Å². The van der Waals surface area contributed by atoms with E-state index in [-0.39, 0.29) is 5.82 Å². The van der Waals surface area contributed by atoms with Gasteiger partial charge < -0.3 is 10.8 Å². The van der Waals surface area contributed by atoms with Crippen LogP contribution >= 0.6 is 0 Å². The molecule has 1 aromatic carbocycles. The van der Waals surface area contributed by atoms with Crippen LogP contribution in [0.4, 0.5) is 4.39 Å². The van der Waals surface area contributed by atoms with Crippen molar-refractivity contribution >= 4 is 5.97 Å². The number of rotatable bonds is 4. The molecule has 0 aliphatic rings. The summed E-state index contributed by atoms with van der Waals surface area (Å²) in [6.45, 7) is 0. The average molecular weight is 197 g/mol. The Balaban J connectivity index is 2.49. The fourth-order valence-corrected chi connectivity index (χ4v) is 1.14. The van der Waals surface area contributed by atoms with Crippen molar-refractivity contribution in [3.05, 3.63) is 35.6 Å². The maximum absolute atomic E-state index is 12.7. The normalized spacial score (nSPS) is 12.4. The lowest BCUT2D eigenvalue weighted by Crippen LogP contribution is -2.30. The first kappa shape index (κ1) is 10.7. The van der Waals surface area contributed by atoms with Crippen molar-refractivity contribution < 1.29 is 14.3 Å². The molecule has 0 saturated heterocycles. The number of carboxylic acid groups (broad SMARTS) is 1. The molecule has 0 aliphatic heterocycles. The van der Waals surface area contributed by atoms with Gasteiger partial charge in [-0.25, -0.2) is 4.39 Å². The SMILES string of the molecule is N[C@@H](CCc1cccc(F)c1)C(=O)O. The Morgan fingerprint density at radius 3 is 2.86 bits per heavy atom. The molecular formula is C10H12FNO2. The Kier molecular flexibility index (Phi) is 3.59. The van der Waals surface area contributed by atoms with Gasteiger partial charge in [-0.2, -0.15) is 0 Å². The van der Waals surface area contributed by atoms with Gasteiger partial charge in [0, 0.05) is 0 Å². The van der Waals surface area contributed by atoms with Crippen LogP contribution in [0.3, 0.4) is 0 Å². The maximum atomic E-state index is 12.7. The molecule has 0 fully saturated rings. The van der Waals surface area contributed by atoms with E-state index in [0.29, 0.717) is 12.8 Å². The lowest BCUT2D eigenvalue weighted by molar-refractivity contribution is -0.138. The molecule has 0 heterocycles. The standard InChI is InChI=1S/C10H12FNO2/c11-8-3-1-2-7(6-8)4-5-9(12)10(13)14/h1-3,6,9H,4-5,12H2,(H,13,14)/t9-/m0/s1. The summed E-state index contributed by atoms with van der Waals surface area (Å²) < 4.78 is 12.7. The second kappa shape index (κ2) is 4.72. The molecule has 0 aliphatic carbocycles. The lowest BCUT2D eigenvalue weighted by atomic mass is 10.1. The minimum Gasteiger partial charge on any atom is -0.480 e. The van der Waals surface area contributed by atoms with Gasteiger partial charge in [-0.05, 0) is 30.5 Å². The smallest absolute Gasteiger partial charge is 0.320 e. The monoisotopic (exact) mass is 197 g/mol. The van der Waals surface area contributed by atoms with E-state index in [1.165, 1.54) is 12.1 Å². The molecule has 0 aromatic heterocycles. The van der Waals surface area contributed by atoms with Gasteiger partial charge in [-0.3, -0.25) is 4.79 Å². The van der Waals surface area contributed by atoms with Gasteiger partial charge in [0.25, 0.3) is 0 Å². The fourth-order valence-electron chi connectivity index (χ4n) is 1.14. The van der Waals surface area contributed by atoms with Gasteiger partial charge in [0.05, 0.1) is 0 Å². The Hall–Kier alpha value is -1.42. The lowest BCUT2D eigenvalue weighted by Gasteiger charge is -2.05. The average Bonchev–Trinajstić information content (AvgIpc) is 2.14. The maximum Gasteiger partial charge on any atom is 0.320 e. The van der Waals surface area contributed by atoms with Gasteiger partial charge in [0.2, 0.25) is 0 Å². The van der Waals surface area contributed by atoms with Crippen molar-refractivity contribution in [1.82, 2.24) is 0 Å². The molecule has 0 amide bonds. The number of carboxylic acids is 1. The molecule has 1 aromatic rings. The summed E-state index contributed by atoms with van der Waals surface area (Å²) in [4.78, 5) is 10.4. The number of hydrogen-bond acceptors (Lipinski definition) is 2. The molecule has 1 rings (SSSR count). The minimum atomic E-state index is -1.03. The number of halogens is 1. The van der Waals surface area contributed by atoms with Gasteiger partial charge >= 0.3 is 5.97 Å². The van der Waals surface area contributed by atoms with Crippen molar-refractivity contribution in [2.45, 2.75) is 18.9 Å². The third-order valence-corrected chi connectivity index (χ3v) is 1.95. The van der Waals surface area contributed by atoms with Crippen molar-refractivity contribution in [3.8, 4) is 0 Å². The molecule has 0 spiro atoms. The molecule has 0 unspecified atom stereocenters. The highest BCUT2D eigenvalue weighted by atomic mass is 19.1. The number of aliphatic carboxylic acids is 1. The summed E-state index contributed by atoms with van der Waals surface area (Å²) in [7, 11) is 0. The number of aryl methyl sites for hydroxylation is 1. The molecule has 0 radical (unpaired) electrons. The summed E-state index contributed by atoms with van der Waals surface area (Å²) >= 11 is 0. The predicted molar refractivity (Wildman–Crippen MR) is 50.3 cm³/mol. The van der Waals surface area contributed by atoms with Crippen LogP contribution in [0.15, 0.2) is 24.3 Å². The fraction of sp³-hybridized carbons (Fsp3) is 0.300. The van der Waals surface area contributed by atoms with Crippen molar-refractivity contribution in [2.75, 3.05) is 0 Å². The van der Waals surface area contributed by atoms with Gasteiger partial charge in [-0.15, -0.1) is 0 Å². The first-order valence-corrected chi connectivity index (χ1v) is 4.32. The van der Waals surface area contributed by atoms with Crippen LogP contribution in [0.1, 0.15) is 12.0 Å². The van der Waals surface area contributed by atoms with Gasteiger partial charge in [0.1, 0.15) is 11.9 Å². The van der Waals surface area contributed by atoms with E-state index in [2.05, 4.69) is 0 Å². The van der Waals surface area contributed by atoms with E-state index < -0.39 is 12.0 Å². The van der Waals surface area contributed by atoms with Crippen molar-refractivity contribution in [3.63, 3.8) is 0 Å².